The van der Waals surface area contributed by atoms with Gasteiger partial charge in [0, 0.05) is 16.6 Å². The van der Waals surface area contributed by atoms with E-state index < -0.39 is 0 Å². The predicted octanol–water partition coefficient (Wildman–Crippen LogP) is 4.33. The van der Waals surface area contributed by atoms with Crippen LogP contribution in [0.3, 0.4) is 0 Å². The number of rotatable bonds is 3. The Balaban J connectivity index is 2.08. The van der Waals surface area contributed by atoms with Crippen LogP contribution in [0.4, 0.5) is 11.4 Å². The van der Waals surface area contributed by atoms with E-state index in [-0.39, 0.29) is 12.0 Å². The highest BCUT2D eigenvalue weighted by Gasteiger charge is 2.36. The normalized spacial score (nSPS) is 20.5. The molecule has 2 unspecified atom stereocenters. The summed E-state index contributed by atoms with van der Waals surface area (Å²) in [7, 11) is 0. The first-order valence-electron chi connectivity index (χ1n) is 7.14. The molecule has 4 nitrogen and oxygen atoms in total. The maximum absolute atomic E-state index is 11.3. The van der Waals surface area contributed by atoms with Gasteiger partial charge in [-0.3, -0.25) is 9.80 Å². The fourth-order valence-electron chi connectivity index (χ4n) is 2.78. The molecular formula is C17H15Cl2N3O. The van der Waals surface area contributed by atoms with E-state index in [1.54, 1.807) is 23.2 Å². The molecule has 1 aliphatic rings. The highest BCUT2D eigenvalue weighted by molar-refractivity contribution is 6.36. The van der Waals surface area contributed by atoms with Crippen LogP contribution in [0.5, 0.6) is 0 Å². The number of halogens is 2. The summed E-state index contributed by atoms with van der Waals surface area (Å²) in [5, 5.41) is 7.27. The largest absolute Gasteiger partial charge is 0.399 e. The zero-order valence-electron chi connectivity index (χ0n) is 12.4. The third-order valence-electron chi connectivity index (χ3n) is 3.98. The van der Waals surface area contributed by atoms with Crippen molar-refractivity contribution in [1.29, 1.82) is 0 Å². The van der Waals surface area contributed by atoms with E-state index >= 15 is 0 Å². The van der Waals surface area contributed by atoms with Gasteiger partial charge in [-0.05, 0) is 35.9 Å². The zero-order chi connectivity index (χ0) is 16.6. The number of nitrogens with two attached hydrogens (primary N) is 1. The van der Waals surface area contributed by atoms with E-state index in [0.717, 1.165) is 11.8 Å². The van der Waals surface area contributed by atoms with Gasteiger partial charge >= 0.3 is 0 Å². The Morgan fingerprint density at radius 1 is 1.17 bits per heavy atom. The van der Waals surface area contributed by atoms with Crippen molar-refractivity contribution in [1.82, 2.24) is 0 Å². The van der Waals surface area contributed by atoms with E-state index in [9.17, 15) is 4.79 Å². The van der Waals surface area contributed by atoms with E-state index in [0.29, 0.717) is 27.1 Å². The van der Waals surface area contributed by atoms with E-state index in [1.165, 1.54) is 0 Å². The van der Waals surface area contributed by atoms with Crippen molar-refractivity contribution in [2.45, 2.75) is 13.0 Å². The van der Waals surface area contributed by atoms with Crippen LogP contribution in [0.1, 0.15) is 18.5 Å². The Morgan fingerprint density at radius 2 is 1.87 bits per heavy atom. The van der Waals surface area contributed by atoms with Crippen molar-refractivity contribution < 1.29 is 4.79 Å². The van der Waals surface area contributed by atoms with E-state index in [4.69, 9.17) is 28.9 Å². The van der Waals surface area contributed by atoms with Gasteiger partial charge in [0.15, 0.2) is 6.29 Å². The number of aldehydes is 1. The van der Waals surface area contributed by atoms with Crippen LogP contribution in [0.2, 0.25) is 10.0 Å². The van der Waals surface area contributed by atoms with Crippen LogP contribution in [-0.4, -0.2) is 12.0 Å². The summed E-state index contributed by atoms with van der Waals surface area (Å²) < 4.78 is 0. The summed E-state index contributed by atoms with van der Waals surface area (Å²) in [6.07, 6.45) is 0.790. The van der Waals surface area contributed by atoms with Crippen LogP contribution < -0.4 is 10.7 Å². The van der Waals surface area contributed by atoms with Crippen LogP contribution in [0, 0.1) is 5.92 Å². The molecule has 0 spiro atoms. The quantitative estimate of drug-likeness (QED) is 0.664. The number of benzene rings is 2. The molecular weight excluding hydrogens is 333 g/mol. The number of nitrogens with zero attached hydrogens (tertiary/aromatic N) is 2. The molecule has 1 heterocycles. The molecule has 2 aromatic carbocycles. The van der Waals surface area contributed by atoms with Gasteiger partial charge in [-0.25, -0.2) is 0 Å². The predicted molar refractivity (Wildman–Crippen MR) is 95.2 cm³/mol. The van der Waals surface area contributed by atoms with Gasteiger partial charge in [-0.2, -0.15) is 5.10 Å². The molecule has 23 heavy (non-hydrogen) atoms. The minimum Gasteiger partial charge on any atom is -0.399 e. The Kier molecular flexibility index (Phi) is 4.28. The van der Waals surface area contributed by atoms with Gasteiger partial charge in [0.1, 0.15) is 5.71 Å². The molecule has 0 amide bonds. The Bertz CT molecular complexity index is 774. The molecule has 6 heteroatoms. The molecule has 0 bridgehead atoms. The number of hydrogen-bond acceptors (Lipinski definition) is 4. The highest BCUT2D eigenvalue weighted by atomic mass is 35.5. The zero-order valence-corrected chi connectivity index (χ0v) is 13.9. The molecule has 118 valence electrons. The molecule has 0 radical (unpaired) electrons. The Labute approximate surface area is 144 Å². The summed E-state index contributed by atoms with van der Waals surface area (Å²) in [4.78, 5) is 11.3. The fourth-order valence-corrected chi connectivity index (χ4v) is 3.27. The molecule has 2 N–H and O–H groups in total. The van der Waals surface area contributed by atoms with Gasteiger partial charge in [0.25, 0.3) is 0 Å². The van der Waals surface area contributed by atoms with Crippen LogP contribution >= 0.6 is 23.2 Å². The van der Waals surface area contributed by atoms with Crippen LogP contribution in [-0.2, 0) is 4.79 Å². The summed E-state index contributed by atoms with van der Waals surface area (Å²) in [6.45, 7) is 1.97. The van der Waals surface area contributed by atoms with Crippen LogP contribution in [0.15, 0.2) is 47.6 Å². The molecule has 2 aromatic rings. The lowest BCUT2D eigenvalue weighted by Gasteiger charge is -2.27. The van der Waals surface area contributed by atoms with Crippen molar-refractivity contribution in [3.05, 3.63) is 58.1 Å². The first kappa shape index (κ1) is 15.8. The molecule has 0 fully saturated rings. The first-order chi connectivity index (χ1) is 11.0. The summed E-state index contributed by atoms with van der Waals surface area (Å²) >= 11 is 12.3. The average Bonchev–Trinajstić information content (AvgIpc) is 2.85. The topological polar surface area (TPSA) is 58.7 Å². The van der Waals surface area contributed by atoms with Gasteiger partial charge in [-0.1, -0.05) is 42.3 Å². The lowest BCUT2D eigenvalue weighted by Crippen LogP contribution is -2.24. The second-order valence-corrected chi connectivity index (χ2v) is 6.33. The van der Waals surface area contributed by atoms with Crippen molar-refractivity contribution >= 4 is 46.6 Å². The number of hydrogen-bond donors (Lipinski definition) is 1. The minimum absolute atomic E-state index is 0.0668. The highest BCUT2D eigenvalue weighted by Crippen LogP contribution is 2.42. The third kappa shape index (κ3) is 2.92. The average molecular weight is 348 g/mol. The monoisotopic (exact) mass is 347 g/mol. The molecule has 1 aliphatic heterocycles. The lowest BCUT2D eigenvalue weighted by molar-refractivity contribution is -0.102. The molecule has 0 aromatic heterocycles. The number of carbonyl (C=O) groups is 1. The van der Waals surface area contributed by atoms with Gasteiger partial charge < -0.3 is 5.73 Å². The summed E-state index contributed by atoms with van der Waals surface area (Å²) in [5.41, 5.74) is 8.66. The van der Waals surface area contributed by atoms with Crippen molar-refractivity contribution in [3.8, 4) is 0 Å². The van der Waals surface area contributed by atoms with Gasteiger partial charge in [0.05, 0.1) is 16.8 Å². The van der Waals surface area contributed by atoms with Gasteiger partial charge in [-0.15, -0.1) is 0 Å². The minimum atomic E-state index is -0.130. The Hall–Kier alpha value is -2.04. The smallest absolute Gasteiger partial charge is 0.166 e. The standard InChI is InChI=1S/C17H15Cl2N3O/c1-10-15(9-23)21-22(16-7-4-12(18)8-14(16)19)17(10)11-2-5-13(20)6-3-11/h2-10,17H,20H2,1H3. The molecule has 0 saturated heterocycles. The van der Waals surface area contributed by atoms with Crippen molar-refractivity contribution in [2.75, 3.05) is 10.7 Å². The third-order valence-corrected chi connectivity index (χ3v) is 4.52. The molecule has 2 atom stereocenters. The summed E-state index contributed by atoms with van der Waals surface area (Å²) in [5.74, 6) is -0.0668. The summed E-state index contributed by atoms with van der Waals surface area (Å²) in [6, 6.07) is 12.6. The first-order valence-corrected chi connectivity index (χ1v) is 7.90. The van der Waals surface area contributed by atoms with Gasteiger partial charge in [0.2, 0.25) is 0 Å². The molecule has 3 rings (SSSR count). The molecule has 0 saturated carbocycles. The molecule has 0 aliphatic carbocycles. The fraction of sp³-hybridized carbons (Fsp3) is 0.176. The SMILES string of the molecule is CC1C(C=O)=NN(c2ccc(Cl)cc2Cl)C1c1ccc(N)cc1. The second kappa shape index (κ2) is 6.22. The number of carbonyl (C=O) groups excluding carboxylic acids is 1. The number of anilines is 2. The van der Waals surface area contributed by atoms with Crippen LogP contribution in [0.25, 0.3) is 0 Å². The number of nitrogen functional groups attached to an aromatic ring is 1. The van der Waals surface area contributed by atoms with Crippen molar-refractivity contribution in [3.63, 3.8) is 0 Å². The Morgan fingerprint density at radius 3 is 2.48 bits per heavy atom. The van der Waals surface area contributed by atoms with E-state index in [2.05, 4.69) is 5.10 Å². The van der Waals surface area contributed by atoms with E-state index in [1.807, 2.05) is 31.2 Å². The maximum Gasteiger partial charge on any atom is 0.166 e. The van der Waals surface area contributed by atoms with Crippen molar-refractivity contribution in [2.24, 2.45) is 11.0 Å². The number of hydrazone groups is 1. The maximum atomic E-state index is 11.3. The second-order valence-electron chi connectivity index (χ2n) is 5.48. The lowest BCUT2D eigenvalue weighted by atomic mass is 9.91.